The van der Waals surface area contributed by atoms with E-state index < -0.39 is 36.2 Å². The Morgan fingerprint density at radius 3 is 2.09 bits per heavy atom. The molecule has 3 N–H and O–H groups in total. The van der Waals surface area contributed by atoms with Gasteiger partial charge in [0.15, 0.2) is 0 Å². The summed E-state index contributed by atoms with van der Waals surface area (Å²) in [6.07, 6.45) is -0.778. The zero-order valence-corrected chi connectivity index (χ0v) is 18.4. The monoisotopic (exact) mass is 440 g/mol. The van der Waals surface area contributed by atoms with Crippen LogP contribution in [0.3, 0.4) is 0 Å². The largest absolute Gasteiger partial charge is 0.480 e. The van der Waals surface area contributed by atoms with E-state index in [4.69, 9.17) is 14.6 Å². The number of nitrogens with one attached hydrogen (secondary N) is 2. The predicted molar refractivity (Wildman–Crippen MR) is 118 cm³/mol. The van der Waals surface area contributed by atoms with Crippen LogP contribution in [0.15, 0.2) is 48.5 Å². The van der Waals surface area contributed by atoms with Crippen molar-refractivity contribution < 1.29 is 29.0 Å². The summed E-state index contributed by atoms with van der Waals surface area (Å²) in [4.78, 5) is 35.6. The van der Waals surface area contributed by atoms with Crippen molar-refractivity contribution in [1.29, 1.82) is 0 Å². The Hall–Kier alpha value is -3.39. The van der Waals surface area contributed by atoms with Gasteiger partial charge in [-0.1, -0.05) is 48.5 Å². The maximum Gasteiger partial charge on any atom is 0.407 e. The number of rotatable bonds is 8. The number of aliphatic carboxylic acids is 1. The van der Waals surface area contributed by atoms with E-state index in [0.29, 0.717) is 0 Å². The van der Waals surface area contributed by atoms with E-state index in [0.717, 1.165) is 22.3 Å². The highest BCUT2D eigenvalue weighted by molar-refractivity contribution is 5.88. The number of carboxylic acid groups (broad SMARTS) is 1. The molecule has 0 aromatic heterocycles. The number of amides is 2. The summed E-state index contributed by atoms with van der Waals surface area (Å²) in [6, 6.07) is 14.9. The minimum absolute atomic E-state index is 0.101. The first-order valence-corrected chi connectivity index (χ1v) is 10.4. The zero-order valence-electron chi connectivity index (χ0n) is 18.4. The van der Waals surface area contributed by atoms with Gasteiger partial charge in [0.05, 0.1) is 12.2 Å². The van der Waals surface area contributed by atoms with Crippen LogP contribution in [-0.4, -0.2) is 54.5 Å². The number of carbonyl (C=O) groups is 3. The third kappa shape index (κ3) is 5.85. The molecule has 0 saturated carbocycles. The average Bonchev–Trinajstić information content (AvgIpc) is 3.06. The molecule has 0 radical (unpaired) electrons. The molecular weight excluding hydrogens is 412 g/mol. The fraction of sp³-hybridized carbons (Fsp3) is 0.375. The van der Waals surface area contributed by atoms with Gasteiger partial charge in [0.25, 0.3) is 0 Å². The van der Waals surface area contributed by atoms with Crippen molar-refractivity contribution >= 4 is 18.0 Å². The lowest BCUT2D eigenvalue weighted by atomic mass is 9.98. The van der Waals surface area contributed by atoms with E-state index >= 15 is 0 Å². The van der Waals surface area contributed by atoms with E-state index in [9.17, 15) is 14.4 Å². The molecular formula is C24H28N2O6. The molecule has 3 rings (SSSR count). The average molecular weight is 440 g/mol. The minimum atomic E-state index is -1.19. The van der Waals surface area contributed by atoms with Crippen LogP contribution in [0.4, 0.5) is 4.79 Å². The summed E-state index contributed by atoms with van der Waals surface area (Å²) in [5.41, 5.74) is 3.83. The number of ether oxygens (including phenoxy) is 2. The number of hydrogen-bond acceptors (Lipinski definition) is 5. The zero-order chi connectivity index (χ0) is 23.3. The molecule has 170 valence electrons. The lowest BCUT2D eigenvalue weighted by Gasteiger charge is -2.24. The Morgan fingerprint density at radius 2 is 1.56 bits per heavy atom. The topological polar surface area (TPSA) is 114 Å². The van der Waals surface area contributed by atoms with E-state index in [-0.39, 0.29) is 19.1 Å². The minimum Gasteiger partial charge on any atom is -0.480 e. The number of fused-ring (bicyclic) bond motifs is 3. The second kappa shape index (κ2) is 9.82. The van der Waals surface area contributed by atoms with Crippen molar-refractivity contribution in [3.05, 3.63) is 59.7 Å². The quantitative estimate of drug-likeness (QED) is 0.582. The molecule has 0 bridgehead atoms. The van der Waals surface area contributed by atoms with Crippen LogP contribution >= 0.6 is 0 Å². The highest BCUT2D eigenvalue weighted by Crippen LogP contribution is 2.44. The Kier molecular flexibility index (Phi) is 7.15. The molecule has 0 fully saturated rings. The van der Waals surface area contributed by atoms with Crippen LogP contribution in [0, 0.1) is 0 Å². The van der Waals surface area contributed by atoms with Crippen LogP contribution in [0.5, 0.6) is 0 Å². The fourth-order valence-corrected chi connectivity index (χ4v) is 3.58. The summed E-state index contributed by atoms with van der Waals surface area (Å²) in [6.45, 7) is 4.85. The Balaban J connectivity index is 1.66. The van der Waals surface area contributed by atoms with Crippen molar-refractivity contribution in [2.45, 2.75) is 38.3 Å². The van der Waals surface area contributed by atoms with Gasteiger partial charge in [-0.25, -0.2) is 4.79 Å². The molecule has 0 spiro atoms. The molecule has 2 amide bonds. The summed E-state index contributed by atoms with van der Waals surface area (Å²) < 4.78 is 11.1. The second-order valence-corrected chi connectivity index (χ2v) is 8.56. The maximum absolute atomic E-state index is 12.5. The number of benzene rings is 2. The van der Waals surface area contributed by atoms with Gasteiger partial charge in [0.1, 0.15) is 19.2 Å². The van der Waals surface area contributed by atoms with Crippen LogP contribution < -0.4 is 10.6 Å². The Labute approximate surface area is 186 Å². The molecule has 1 atom stereocenters. The predicted octanol–water partition coefficient (Wildman–Crippen LogP) is 2.91. The molecule has 1 aliphatic rings. The van der Waals surface area contributed by atoms with E-state index in [1.807, 2.05) is 69.3 Å². The third-order valence-corrected chi connectivity index (χ3v) is 5.05. The molecule has 8 heteroatoms. The SMILES string of the molecule is CC(C)(C)OC[C@H](NC(=O)OCC1c2ccccc2-c2ccccc21)C(=O)NCC(=O)O. The highest BCUT2D eigenvalue weighted by atomic mass is 16.5. The first-order chi connectivity index (χ1) is 15.2. The summed E-state index contributed by atoms with van der Waals surface area (Å²) in [7, 11) is 0. The Morgan fingerprint density at radius 1 is 1.00 bits per heavy atom. The first-order valence-electron chi connectivity index (χ1n) is 10.4. The van der Waals surface area contributed by atoms with Crippen LogP contribution in [0.2, 0.25) is 0 Å². The molecule has 2 aromatic rings. The van der Waals surface area contributed by atoms with Crippen LogP contribution in [0.1, 0.15) is 37.8 Å². The third-order valence-electron chi connectivity index (χ3n) is 5.05. The van der Waals surface area contributed by atoms with Crippen LogP contribution in [0.25, 0.3) is 11.1 Å². The van der Waals surface area contributed by atoms with Gasteiger partial charge in [-0.05, 0) is 43.0 Å². The van der Waals surface area contributed by atoms with Crippen molar-refractivity contribution in [3.63, 3.8) is 0 Å². The number of alkyl carbamates (subject to hydrolysis) is 1. The van der Waals surface area contributed by atoms with Crippen molar-refractivity contribution in [2.24, 2.45) is 0 Å². The van der Waals surface area contributed by atoms with Gasteiger partial charge < -0.3 is 25.2 Å². The van der Waals surface area contributed by atoms with Gasteiger partial charge in [-0.3, -0.25) is 9.59 Å². The van der Waals surface area contributed by atoms with E-state index in [1.54, 1.807) is 0 Å². The normalized spacial score (nSPS) is 13.6. The van der Waals surface area contributed by atoms with E-state index in [1.165, 1.54) is 0 Å². The number of hydrogen-bond donors (Lipinski definition) is 3. The molecule has 0 unspecified atom stereocenters. The highest BCUT2D eigenvalue weighted by Gasteiger charge is 2.30. The summed E-state index contributed by atoms with van der Waals surface area (Å²) >= 11 is 0. The van der Waals surface area contributed by atoms with Crippen molar-refractivity contribution in [2.75, 3.05) is 19.8 Å². The smallest absolute Gasteiger partial charge is 0.407 e. The van der Waals surface area contributed by atoms with Gasteiger partial charge in [-0.2, -0.15) is 0 Å². The lowest BCUT2D eigenvalue weighted by Crippen LogP contribution is -2.51. The standard InChI is InChI=1S/C24H28N2O6/c1-24(2,3)32-14-20(22(29)25-12-21(27)28)26-23(30)31-13-19-17-10-6-4-8-15(17)16-9-5-7-11-18(16)19/h4-11,19-20H,12-14H2,1-3H3,(H,25,29)(H,26,30)(H,27,28)/t20-/m0/s1. The van der Waals surface area contributed by atoms with Crippen molar-refractivity contribution in [3.8, 4) is 11.1 Å². The maximum atomic E-state index is 12.5. The van der Waals surface area contributed by atoms with Gasteiger partial charge in [0.2, 0.25) is 5.91 Å². The van der Waals surface area contributed by atoms with E-state index in [2.05, 4.69) is 10.6 Å². The second-order valence-electron chi connectivity index (χ2n) is 8.56. The number of carboxylic acids is 1. The molecule has 0 aliphatic heterocycles. The molecule has 1 aliphatic carbocycles. The first kappa shape index (κ1) is 23.3. The summed E-state index contributed by atoms with van der Waals surface area (Å²) in [5, 5.41) is 13.5. The molecule has 2 aromatic carbocycles. The molecule has 0 saturated heterocycles. The number of carbonyl (C=O) groups excluding carboxylic acids is 2. The molecule has 0 heterocycles. The van der Waals surface area contributed by atoms with Gasteiger partial charge >= 0.3 is 12.1 Å². The molecule has 32 heavy (non-hydrogen) atoms. The lowest BCUT2D eigenvalue weighted by molar-refractivity contribution is -0.138. The molecule has 8 nitrogen and oxygen atoms in total. The van der Waals surface area contributed by atoms with Crippen LogP contribution in [-0.2, 0) is 19.1 Å². The van der Waals surface area contributed by atoms with Gasteiger partial charge in [-0.15, -0.1) is 0 Å². The van der Waals surface area contributed by atoms with Gasteiger partial charge in [0, 0.05) is 5.92 Å². The Bertz CT molecular complexity index is 952. The summed E-state index contributed by atoms with van der Waals surface area (Å²) in [5.74, 6) is -1.96. The van der Waals surface area contributed by atoms with Crippen molar-refractivity contribution in [1.82, 2.24) is 10.6 Å². The fourth-order valence-electron chi connectivity index (χ4n) is 3.58.